The zero-order valence-corrected chi connectivity index (χ0v) is 9.48. The van der Waals surface area contributed by atoms with Gasteiger partial charge >= 0.3 is 5.97 Å². The van der Waals surface area contributed by atoms with Crippen molar-refractivity contribution in [3.63, 3.8) is 0 Å². The maximum atomic E-state index is 10.4. The van der Waals surface area contributed by atoms with Crippen molar-refractivity contribution in [3.8, 4) is 0 Å². The van der Waals surface area contributed by atoms with E-state index in [0.717, 1.165) is 14.9 Å². The van der Waals surface area contributed by atoms with Gasteiger partial charge in [0.2, 0.25) is 0 Å². The minimum absolute atomic E-state index is 0.0292. The van der Waals surface area contributed by atoms with Gasteiger partial charge in [-0.05, 0) is 33.8 Å². The molecule has 0 aliphatic rings. The molecule has 3 nitrogen and oxygen atoms in total. The van der Waals surface area contributed by atoms with E-state index in [1.165, 1.54) is 11.3 Å². The van der Waals surface area contributed by atoms with Crippen LogP contribution in [-0.2, 0) is 4.79 Å². The predicted octanol–water partition coefficient (Wildman–Crippen LogP) is 2.29. The highest BCUT2D eigenvalue weighted by Gasteiger charge is 2.16. The van der Waals surface area contributed by atoms with Gasteiger partial charge in [-0.25, -0.2) is 0 Å². The molecule has 1 aromatic heterocycles. The summed E-state index contributed by atoms with van der Waals surface area (Å²) >= 11 is 4.87. The lowest BCUT2D eigenvalue weighted by Crippen LogP contribution is -2.14. The number of carboxylic acid groups (broad SMARTS) is 1. The first-order valence-corrected chi connectivity index (χ1v) is 5.40. The van der Waals surface area contributed by atoms with Crippen LogP contribution in [0.4, 0.5) is 0 Å². The molecule has 0 amide bonds. The van der Waals surface area contributed by atoms with Crippen molar-refractivity contribution < 1.29 is 9.90 Å². The number of aryl methyl sites for hydroxylation is 1. The highest BCUT2D eigenvalue weighted by molar-refractivity contribution is 9.10. The molecule has 0 radical (unpaired) electrons. The number of hydrogen-bond donors (Lipinski definition) is 2. The fourth-order valence-corrected chi connectivity index (χ4v) is 2.77. The summed E-state index contributed by atoms with van der Waals surface area (Å²) in [5.74, 6) is -0.870. The van der Waals surface area contributed by atoms with Crippen LogP contribution in [0.3, 0.4) is 0 Å². The van der Waals surface area contributed by atoms with Crippen LogP contribution in [0.15, 0.2) is 9.85 Å². The minimum Gasteiger partial charge on any atom is -0.481 e. The number of aliphatic carboxylic acids is 1. The average Bonchev–Trinajstić information content (AvgIpc) is 2.31. The number of rotatable bonds is 3. The van der Waals surface area contributed by atoms with Gasteiger partial charge < -0.3 is 10.8 Å². The third kappa shape index (κ3) is 2.52. The van der Waals surface area contributed by atoms with Crippen molar-refractivity contribution in [3.05, 3.63) is 20.3 Å². The Hall–Kier alpha value is -0.390. The van der Waals surface area contributed by atoms with Crippen molar-refractivity contribution in [2.45, 2.75) is 19.4 Å². The van der Waals surface area contributed by atoms with Gasteiger partial charge in [0.25, 0.3) is 0 Å². The molecule has 0 saturated heterocycles. The maximum absolute atomic E-state index is 10.4. The molecule has 0 aromatic carbocycles. The van der Waals surface area contributed by atoms with Gasteiger partial charge in [0.15, 0.2) is 0 Å². The Balaban J connectivity index is 2.82. The largest absolute Gasteiger partial charge is 0.481 e. The summed E-state index contributed by atoms with van der Waals surface area (Å²) in [6.07, 6.45) is -0.0292. The van der Waals surface area contributed by atoms with E-state index in [-0.39, 0.29) is 6.42 Å². The zero-order valence-electron chi connectivity index (χ0n) is 7.08. The van der Waals surface area contributed by atoms with E-state index >= 15 is 0 Å². The normalized spacial score (nSPS) is 12.8. The smallest absolute Gasteiger partial charge is 0.305 e. The summed E-state index contributed by atoms with van der Waals surface area (Å²) < 4.78 is 0.936. The van der Waals surface area contributed by atoms with Crippen molar-refractivity contribution in [1.29, 1.82) is 0 Å². The number of nitrogens with two attached hydrogens (primary N) is 1. The van der Waals surface area contributed by atoms with Crippen LogP contribution >= 0.6 is 27.3 Å². The average molecular weight is 264 g/mol. The van der Waals surface area contributed by atoms with Gasteiger partial charge in [0.05, 0.1) is 12.5 Å². The first-order chi connectivity index (χ1) is 6.02. The minimum atomic E-state index is -0.870. The van der Waals surface area contributed by atoms with Crippen LogP contribution in [0.5, 0.6) is 0 Å². The zero-order chi connectivity index (χ0) is 10.0. The number of thiophene rings is 1. The van der Waals surface area contributed by atoms with Gasteiger partial charge in [0, 0.05) is 9.35 Å². The number of carbonyl (C=O) groups is 1. The molecule has 1 atom stereocenters. The number of hydrogen-bond acceptors (Lipinski definition) is 3. The summed E-state index contributed by atoms with van der Waals surface area (Å²) in [7, 11) is 0. The summed E-state index contributed by atoms with van der Waals surface area (Å²) in [5.41, 5.74) is 6.81. The molecule has 1 heterocycles. The second-order valence-electron chi connectivity index (χ2n) is 2.80. The van der Waals surface area contributed by atoms with E-state index in [1.807, 2.05) is 12.3 Å². The topological polar surface area (TPSA) is 63.3 Å². The third-order valence-electron chi connectivity index (χ3n) is 1.66. The molecule has 3 N–H and O–H groups in total. The second-order valence-corrected chi connectivity index (χ2v) is 4.51. The van der Waals surface area contributed by atoms with Crippen molar-refractivity contribution in [1.82, 2.24) is 0 Å². The quantitative estimate of drug-likeness (QED) is 0.880. The van der Waals surface area contributed by atoms with E-state index in [1.54, 1.807) is 0 Å². The molecular formula is C8H10BrNO2S. The lowest BCUT2D eigenvalue weighted by atomic mass is 10.2. The highest BCUT2D eigenvalue weighted by Crippen LogP contribution is 2.32. The second kappa shape index (κ2) is 4.21. The monoisotopic (exact) mass is 263 g/mol. The Labute approximate surface area is 88.7 Å². The van der Waals surface area contributed by atoms with Crippen LogP contribution in [0.25, 0.3) is 0 Å². The van der Waals surface area contributed by atoms with Crippen molar-refractivity contribution in [2.75, 3.05) is 0 Å². The molecule has 1 aromatic rings. The van der Waals surface area contributed by atoms with Gasteiger partial charge in [-0.2, -0.15) is 0 Å². The molecule has 13 heavy (non-hydrogen) atoms. The number of halogens is 1. The Kier molecular flexibility index (Phi) is 3.47. The Bertz CT molecular complexity index is 324. The lowest BCUT2D eigenvalue weighted by molar-refractivity contribution is -0.137. The van der Waals surface area contributed by atoms with E-state index in [9.17, 15) is 4.79 Å². The summed E-state index contributed by atoms with van der Waals surface area (Å²) in [5, 5.41) is 10.5. The Morgan fingerprint density at radius 3 is 2.85 bits per heavy atom. The van der Waals surface area contributed by atoms with Crippen molar-refractivity contribution >= 4 is 33.2 Å². The molecule has 1 unspecified atom stereocenters. The van der Waals surface area contributed by atoms with Crippen LogP contribution in [-0.4, -0.2) is 11.1 Å². The van der Waals surface area contributed by atoms with Gasteiger partial charge in [0.1, 0.15) is 0 Å². The maximum Gasteiger partial charge on any atom is 0.305 e. The fraction of sp³-hybridized carbons (Fsp3) is 0.375. The van der Waals surface area contributed by atoms with Crippen LogP contribution in [0.1, 0.15) is 22.9 Å². The molecule has 0 spiro atoms. The number of carboxylic acids is 1. The van der Waals surface area contributed by atoms with Gasteiger partial charge in [-0.3, -0.25) is 4.79 Å². The molecule has 72 valence electrons. The summed E-state index contributed by atoms with van der Waals surface area (Å²) in [6.45, 7) is 1.96. The van der Waals surface area contributed by atoms with E-state index < -0.39 is 12.0 Å². The Morgan fingerprint density at radius 1 is 1.85 bits per heavy atom. The van der Waals surface area contributed by atoms with Crippen LogP contribution in [0, 0.1) is 6.92 Å². The first kappa shape index (κ1) is 10.7. The fourth-order valence-electron chi connectivity index (χ4n) is 0.981. The Morgan fingerprint density at radius 2 is 2.46 bits per heavy atom. The molecule has 0 fully saturated rings. The molecule has 0 aliphatic heterocycles. The molecular weight excluding hydrogens is 254 g/mol. The van der Waals surface area contributed by atoms with Crippen LogP contribution in [0.2, 0.25) is 0 Å². The lowest BCUT2D eigenvalue weighted by Gasteiger charge is -2.06. The molecule has 5 heteroatoms. The van der Waals surface area contributed by atoms with E-state index in [4.69, 9.17) is 10.8 Å². The predicted molar refractivity (Wildman–Crippen MR) is 55.9 cm³/mol. The van der Waals surface area contributed by atoms with E-state index in [0.29, 0.717) is 0 Å². The van der Waals surface area contributed by atoms with Gasteiger partial charge in [-0.1, -0.05) is 0 Å². The van der Waals surface area contributed by atoms with E-state index in [2.05, 4.69) is 15.9 Å². The third-order valence-corrected chi connectivity index (χ3v) is 4.20. The molecule has 0 bridgehead atoms. The van der Waals surface area contributed by atoms with Gasteiger partial charge in [-0.15, -0.1) is 11.3 Å². The molecule has 0 saturated carbocycles. The highest BCUT2D eigenvalue weighted by atomic mass is 79.9. The summed E-state index contributed by atoms with van der Waals surface area (Å²) in [6, 6.07) is -0.412. The van der Waals surface area contributed by atoms with Crippen molar-refractivity contribution in [2.24, 2.45) is 5.73 Å². The SMILES string of the molecule is Cc1csc(C(N)CC(=O)O)c1Br. The summed E-state index contributed by atoms with van der Waals surface area (Å²) in [4.78, 5) is 11.3. The standard InChI is InChI=1S/C8H10BrNO2S/c1-4-3-13-8(7(4)9)5(10)2-6(11)12/h3,5H,2,10H2,1H3,(H,11,12). The van der Waals surface area contributed by atoms with Crippen LogP contribution < -0.4 is 5.73 Å². The molecule has 1 rings (SSSR count). The molecule has 0 aliphatic carbocycles. The first-order valence-electron chi connectivity index (χ1n) is 3.73.